The first-order valence-electron chi connectivity index (χ1n) is 7.60. The van der Waals surface area contributed by atoms with E-state index in [1.54, 1.807) is 6.26 Å². The molecule has 1 aliphatic rings. The van der Waals surface area contributed by atoms with Crippen LogP contribution in [0, 0.1) is 0 Å². The number of hydrogen-bond donors (Lipinski definition) is 0. The second-order valence-electron chi connectivity index (χ2n) is 5.40. The second kappa shape index (κ2) is 6.43. The molecule has 1 fully saturated rings. The lowest BCUT2D eigenvalue weighted by Crippen LogP contribution is -2.41. The fourth-order valence-corrected chi connectivity index (χ4v) is 3.75. The van der Waals surface area contributed by atoms with E-state index < -0.39 is 0 Å². The van der Waals surface area contributed by atoms with E-state index in [4.69, 9.17) is 4.42 Å². The van der Waals surface area contributed by atoms with E-state index in [1.165, 1.54) is 30.6 Å². The number of carbonyl (C=O) groups excluding carboxylic acids is 1. The fourth-order valence-electron chi connectivity index (χ4n) is 2.99. The molecule has 4 nitrogen and oxygen atoms in total. The van der Waals surface area contributed by atoms with Crippen LogP contribution in [0.1, 0.15) is 49.5 Å². The van der Waals surface area contributed by atoms with Gasteiger partial charge in [0.05, 0.1) is 6.26 Å². The van der Waals surface area contributed by atoms with Crippen molar-refractivity contribution in [2.45, 2.75) is 45.1 Å². The van der Waals surface area contributed by atoms with Crippen LogP contribution in [0.5, 0.6) is 0 Å². The third-order valence-corrected chi connectivity index (χ3v) is 4.93. The number of amides is 1. The van der Waals surface area contributed by atoms with Crippen molar-refractivity contribution in [3.05, 3.63) is 29.5 Å². The van der Waals surface area contributed by atoms with Gasteiger partial charge in [0.1, 0.15) is 5.69 Å². The van der Waals surface area contributed by atoms with Gasteiger partial charge >= 0.3 is 0 Å². The van der Waals surface area contributed by atoms with Gasteiger partial charge in [0.25, 0.3) is 5.91 Å². The molecular formula is C16H20N2O2S. The molecule has 1 saturated carbocycles. The number of thiazole rings is 1. The maximum absolute atomic E-state index is 12.7. The van der Waals surface area contributed by atoms with E-state index in [-0.39, 0.29) is 5.91 Å². The maximum atomic E-state index is 12.7. The lowest BCUT2D eigenvalue weighted by atomic mass is 9.94. The van der Waals surface area contributed by atoms with Crippen LogP contribution < -0.4 is 0 Å². The molecule has 0 radical (unpaired) electrons. The van der Waals surface area contributed by atoms with Gasteiger partial charge in [0, 0.05) is 18.0 Å². The van der Waals surface area contributed by atoms with Crippen LogP contribution in [-0.2, 0) is 0 Å². The summed E-state index contributed by atoms with van der Waals surface area (Å²) in [5.74, 6) is 0.776. The van der Waals surface area contributed by atoms with Crippen LogP contribution >= 0.6 is 11.3 Å². The average Bonchev–Trinajstić information content (AvgIpc) is 3.20. The third kappa shape index (κ3) is 3.02. The van der Waals surface area contributed by atoms with Crippen molar-refractivity contribution in [2.75, 3.05) is 6.54 Å². The van der Waals surface area contributed by atoms with Gasteiger partial charge in [-0.1, -0.05) is 19.3 Å². The molecule has 1 aliphatic carbocycles. The van der Waals surface area contributed by atoms with Crippen molar-refractivity contribution in [3.63, 3.8) is 0 Å². The summed E-state index contributed by atoms with van der Waals surface area (Å²) in [5.41, 5.74) is 0.541. The molecule has 2 heterocycles. The van der Waals surface area contributed by atoms with Crippen LogP contribution in [0.2, 0.25) is 0 Å². The van der Waals surface area contributed by atoms with E-state index in [9.17, 15) is 4.79 Å². The predicted octanol–water partition coefficient (Wildman–Crippen LogP) is 4.20. The van der Waals surface area contributed by atoms with E-state index in [0.717, 1.165) is 30.2 Å². The summed E-state index contributed by atoms with van der Waals surface area (Å²) >= 11 is 1.46. The highest BCUT2D eigenvalue weighted by molar-refractivity contribution is 7.13. The Labute approximate surface area is 128 Å². The summed E-state index contributed by atoms with van der Waals surface area (Å²) < 4.78 is 5.34. The molecule has 0 atom stereocenters. The number of nitrogens with zero attached hydrogens (tertiary/aromatic N) is 2. The summed E-state index contributed by atoms with van der Waals surface area (Å²) in [6.07, 6.45) is 7.61. The highest BCUT2D eigenvalue weighted by atomic mass is 32.1. The molecular weight excluding hydrogens is 284 g/mol. The molecule has 3 rings (SSSR count). The van der Waals surface area contributed by atoms with Crippen molar-refractivity contribution >= 4 is 17.2 Å². The first-order chi connectivity index (χ1) is 10.3. The molecule has 2 aromatic heterocycles. The van der Waals surface area contributed by atoms with Crippen molar-refractivity contribution in [2.24, 2.45) is 0 Å². The van der Waals surface area contributed by atoms with Gasteiger partial charge in [-0.3, -0.25) is 4.79 Å². The van der Waals surface area contributed by atoms with Gasteiger partial charge in [-0.15, -0.1) is 11.3 Å². The average molecular weight is 304 g/mol. The normalized spacial score (nSPS) is 16.0. The maximum Gasteiger partial charge on any atom is 0.273 e. The Morgan fingerprint density at radius 1 is 1.43 bits per heavy atom. The van der Waals surface area contributed by atoms with Crippen molar-refractivity contribution in [1.29, 1.82) is 0 Å². The molecule has 0 N–H and O–H groups in total. The zero-order chi connectivity index (χ0) is 14.7. The first kappa shape index (κ1) is 14.3. The van der Waals surface area contributed by atoms with Gasteiger partial charge in [-0.25, -0.2) is 4.98 Å². The van der Waals surface area contributed by atoms with Crippen molar-refractivity contribution in [3.8, 4) is 10.8 Å². The molecule has 21 heavy (non-hydrogen) atoms. The number of carbonyl (C=O) groups is 1. The van der Waals surface area contributed by atoms with Crippen LogP contribution in [0.15, 0.2) is 28.2 Å². The number of furan rings is 1. The van der Waals surface area contributed by atoms with Crippen molar-refractivity contribution in [1.82, 2.24) is 9.88 Å². The molecule has 0 spiro atoms. The van der Waals surface area contributed by atoms with Gasteiger partial charge in [-0.05, 0) is 31.9 Å². The minimum Gasteiger partial charge on any atom is -0.462 e. The Kier molecular flexibility index (Phi) is 4.39. The Morgan fingerprint density at radius 2 is 2.24 bits per heavy atom. The zero-order valence-corrected chi connectivity index (χ0v) is 13.1. The molecule has 0 aliphatic heterocycles. The predicted molar refractivity (Wildman–Crippen MR) is 83.4 cm³/mol. The number of aromatic nitrogens is 1. The molecule has 1 amide bonds. The molecule has 2 aromatic rings. The first-order valence-corrected chi connectivity index (χ1v) is 8.48. The molecule has 112 valence electrons. The lowest BCUT2D eigenvalue weighted by molar-refractivity contribution is 0.0643. The fraction of sp³-hybridized carbons (Fsp3) is 0.500. The summed E-state index contributed by atoms with van der Waals surface area (Å²) in [7, 11) is 0. The van der Waals surface area contributed by atoms with Gasteiger partial charge in [0.15, 0.2) is 10.8 Å². The van der Waals surface area contributed by atoms with Crippen LogP contribution in [0.3, 0.4) is 0 Å². The van der Waals surface area contributed by atoms with Crippen LogP contribution in [-0.4, -0.2) is 28.4 Å². The Balaban J connectivity index is 1.77. The van der Waals surface area contributed by atoms with E-state index in [2.05, 4.69) is 4.98 Å². The zero-order valence-electron chi connectivity index (χ0n) is 12.2. The topological polar surface area (TPSA) is 46.3 Å². The largest absolute Gasteiger partial charge is 0.462 e. The second-order valence-corrected chi connectivity index (χ2v) is 6.26. The lowest BCUT2D eigenvalue weighted by Gasteiger charge is -2.33. The van der Waals surface area contributed by atoms with Crippen LogP contribution in [0.25, 0.3) is 10.8 Å². The van der Waals surface area contributed by atoms with Crippen molar-refractivity contribution < 1.29 is 9.21 Å². The standard InChI is InChI=1S/C16H20N2O2S/c1-2-18(12-7-4-3-5-8-12)16(19)13-11-21-15(17-13)14-9-6-10-20-14/h6,9-12H,2-5,7-8H2,1H3. The smallest absolute Gasteiger partial charge is 0.273 e. The summed E-state index contributed by atoms with van der Waals surface area (Å²) in [6.45, 7) is 2.80. The summed E-state index contributed by atoms with van der Waals surface area (Å²) in [4.78, 5) is 19.1. The quantitative estimate of drug-likeness (QED) is 0.850. The molecule has 5 heteroatoms. The number of rotatable bonds is 4. The van der Waals surface area contributed by atoms with Gasteiger partial charge in [0.2, 0.25) is 0 Å². The summed E-state index contributed by atoms with van der Waals surface area (Å²) in [5, 5.41) is 2.61. The minimum atomic E-state index is 0.0541. The Morgan fingerprint density at radius 3 is 2.90 bits per heavy atom. The molecule has 0 aromatic carbocycles. The monoisotopic (exact) mass is 304 g/mol. The highest BCUT2D eigenvalue weighted by Gasteiger charge is 2.26. The number of hydrogen-bond acceptors (Lipinski definition) is 4. The molecule has 0 unspecified atom stereocenters. The minimum absolute atomic E-state index is 0.0541. The Hall–Kier alpha value is -1.62. The van der Waals surface area contributed by atoms with E-state index in [0.29, 0.717) is 11.7 Å². The highest BCUT2D eigenvalue weighted by Crippen LogP contribution is 2.27. The Bertz CT molecular complexity index is 585. The molecule has 0 bridgehead atoms. The molecule has 0 saturated heterocycles. The van der Waals surface area contributed by atoms with Crippen LogP contribution in [0.4, 0.5) is 0 Å². The van der Waals surface area contributed by atoms with E-state index in [1.807, 2.05) is 29.3 Å². The van der Waals surface area contributed by atoms with Gasteiger partial charge < -0.3 is 9.32 Å². The van der Waals surface area contributed by atoms with E-state index >= 15 is 0 Å². The summed E-state index contributed by atoms with van der Waals surface area (Å²) in [6, 6.07) is 4.08. The SMILES string of the molecule is CCN(C(=O)c1csc(-c2ccco2)n1)C1CCCCC1. The third-order valence-electron chi connectivity index (χ3n) is 4.07. The van der Waals surface area contributed by atoms with Gasteiger partial charge in [-0.2, -0.15) is 0 Å².